The minimum absolute atomic E-state index is 0.00560. The van der Waals surface area contributed by atoms with Crippen LogP contribution in [-0.4, -0.2) is 24.2 Å². The summed E-state index contributed by atoms with van der Waals surface area (Å²) in [6.07, 6.45) is 0.102. The van der Waals surface area contributed by atoms with Gasteiger partial charge in [-0.2, -0.15) is 0 Å². The molecule has 0 spiro atoms. The number of amides is 1. The van der Waals surface area contributed by atoms with Crippen LogP contribution in [0.1, 0.15) is 31.9 Å². The molecule has 0 bridgehead atoms. The van der Waals surface area contributed by atoms with Crippen LogP contribution in [0.5, 0.6) is 5.75 Å². The number of aliphatic hydroxyl groups is 1. The SMILES string of the molecule is CCCNC(=O)COc1ccc([C@@H](C)O)cc1F. The van der Waals surface area contributed by atoms with E-state index in [1.165, 1.54) is 12.1 Å². The van der Waals surface area contributed by atoms with Gasteiger partial charge in [0.2, 0.25) is 0 Å². The number of halogens is 1. The maximum Gasteiger partial charge on any atom is 0.257 e. The first-order valence-electron chi connectivity index (χ1n) is 5.91. The van der Waals surface area contributed by atoms with Gasteiger partial charge in [-0.15, -0.1) is 0 Å². The Morgan fingerprint density at radius 2 is 2.28 bits per heavy atom. The van der Waals surface area contributed by atoms with Crippen LogP contribution in [0.15, 0.2) is 18.2 Å². The van der Waals surface area contributed by atoms with Crippen molar-refractivity contribution >= 4 is 5.91 Å². The van der Waals surface area contributed by atoms with E-state index in [0.717, 1.165) is 6.42 Å². The summed E-state index contributed by atoms with van der Waals surface area (Å²) in [7, 11) is 0. The smallest absolute Gasteiger partial charge is 0.257 e. The standard InChI is InChI=1S/C13H18FNO3/c1-3-6-15-13(17)8-18-12-5-4-10(9(2)16)7-11(12)14/h4-5,7,9,16H,3,6,8H2,1-2H3,(H,15,17)/t9-/m1/s1. The molecule has 0 unspecified atom stereocenters. The molecular formula is C13H18FNO3. The highest BCUT2D eigenvalue weighted by Crippen LogP contribution is 2.21. The fraction of sp³-hybridized carbons (Fsp3) is 0.462. The lowest BCUT2D eigenvalue weighted by molar-refractivity contribution is -0.123. The number of hydrogen-bond acceptors (Lipinski definition) is 3. The summed E-state index contributed by atoms with van der Waals surface area (Å²) in [4.78, 5) is 11.3. The van der Waals surface area contributed by atoms with Crippen LogP contribution in [0.25, 0.3) is 0 Å². The number of hydrogen-bond donors (Lipinski definition) is 2. The minimum atomic E-state index is -0.735. The summed E-state index contributed by atoms with van der Waals surface area (Å²) >= 11 is 0. The molecule has 0 aliphatic rings. The topological polar surface area (TPSA) is 58.6 Å². The van der Waals surface area contributed by atoms with Gasteiger partial charge in [0, 0.05) is 6.54 Å². The lowest BCUT2D eigenvalue weighted by atomic mass is 10.1. The average Bonchev–Trinajstić information content (AvgIpc) is 2.34. The van der Waals surface area contributed by atoms with E-state index in [1.54, 1.807) is 13.0 Å². The zero-order valence-electron chi connectivity index (χ0n) is 10.6. The second kappa shape index (κ2) is 6.96. The highest BCUT2D eigenvalue weighted by molar-refractivity contribution is 5.77. The van der Waals surface area contributed by atoms with Crippen molar-refractivity contribution in [2.75, 3.05) is 13.2 Å². The number of benzene rings is 1. The zero-order chi connectivity index (χ0) is 13.5. The molecule has 5 heteroatoms. The molecule has 1 amide bonds. The molecule has 1 aromatic rings. The van der Waals surface area contributed by atoms with Gasteiger partial charge in [0.25, 0.3) is 5.91 Å². The summed E-state index contributed by atoms with van der Waals surface area (Å²) in [5.41, 5.74) is 0.468. The number of ether oxygens (including phenoxy) is 1. The first-order valence-corrected chi connectivity index (χ1v) is 5.91. The van der Waals surface area contributed by atoms with E-state index >= 15 is 0 Å². The van der Waals surface area contributed by atoms with Crippen molar-refractivity contribution in [2.24, 2.45) is 0 Å². The number of carbonyl (C=O) groups excluding carboxylic acids is 1. The summed E-state index contributed by atoms with van der Waals surface area (Å²) < 4.78 is 18.6. The van der Waals surface area contributed by atoms with Crippen LogP contribution >= 0.6 is 0 Å². The molecule has 0 aromatic heterocycles. The summed E-state index contributed by atoms with van der Waals surface area (Å²) in [5, 5.41) is 11.9. The second-order valence-electron chi connectivity index (χ2n) is 4.00. The van der Waals surface area contributed by atoms with E-state index in [1.807, 2.05) is 6.92 Å². The molecule has 0 saturated carbocycles. The van der Waals surface area contributed by atoms with E-state index in [4.69, 9.17) is 4.74 Å². The first kappa shape index (κ1) is 14.4. The van der Waals surface area contributed by atoms with Crippen LogP contribution in [0.2, 0.25) is 0 Å². The lowest BCUT2D eigenvalue weighted by Gasteiger charge is -2.10. The monoisotopic (exact) mass is 255 g/mol. The largest absolute Gasteiger partial charge is 0.481 e. The highest BCUT2D eigenvalue weighted by atomic mass is 19.1. The van der Waals surface area contributed by atoms with Crippen molar-refractivity contribution in [3.63, 3.8) is 0 Å². The molecule has 1 atom stereocenters. The molecule has 2 N–H and O–H groups in total. The molecule has 0 saturated heterocycles. The van der Waals surface area contributed by atoms with Crippen molar-refractivity contribution in [3.8, 4) is 5.75 Å². The Bertz CT molecular complexity index is 407. The molecule has 18 heavy (non-hydrogen) atoms. The van der Waals surface area contributed by atoms with Gasteiger partial charge in [0.15, 0.2) is 18.2 Å². The molecule has 0 fully saturated rings. The van der Waals surface area contributed by atoms with Gasteiger partial charge >= 0.3 is 0 Å². The molecule has 1 aromatic carbocycles. The minimum Gasteiger partial charge on any atom is -0.481 e. The van der Waals surface area contributed by atoms with Gasteiger partial charge in [0.05, 0.1) is 6.10 Å². The predicted molar refractivity (Wildman–Crippen MR) is 65.8 cm³/mol. The van der Waals surface area contributed by atoms with Crippen LogP contribution < -0.4 is 10.1 Å². The number of nitrogens with one attached hydrogen (secondary N) is 1. The lowest BCUT2D eigenvalue weighted by Crippen LogP contribution is -2.29. The van der Waals surface area contributed by atoms with Gasteiger partial charge < -0.3 is 15.2 Å². The molecule has 0 aliphatic heterocycles. The molecule has 0 aliphatic carbocycles. The zero-order valence-corrected chi connectivity index (χ0v) is 10.6. The van der Waals surface area contributed by atoms with Crippen LogP contribution in [0.4, 0.5) is 4.39 Å². The van der Waals surface area contributed by atoms with Crippen LogP contribution in [0.3, 0.4) is 0 Å². The van der Waals surface area contributed by atoms with Gasteiger partial charge in [-0.1, -0.05) is 13.0 Å². The van der Waals surface area contributed by atoms with Gasteiger partial charge in [-0.25, -0.2) is 4.39 Å². The predicted octanol–water partition coefficient (Wildman–Crippen LogP) is 1.78. The van der Waals surface area contributed by atoms with E-state index in [0.29, 0.717) is 12.1 Å². The third kappa shape index (κ3) is 4.33. The Balaban J connectivity index is 2.55. The molecule has 4 nitrogen and oxygen atoms in total. The maximum atomic E-state index is 13.5. The first-order chi connectivity index (χ1) is 8.54. The van der Waals surface area contributed by atoms with E-state index in [9.17, 15) is 14.3 Å². The quantitative estimate of drug-likeness (QED) is 0.814. The van der Waals surface area contributed by atoms with Crippen molar-refractivity contribution in [1.82, 2.24) is 5.32 Å². The Hall–Kier alpha value is -1.62. The maximum absolute atomic E-state index is 13.5. The third-order valence-corrected chi connectivity index (χ3v) is 2.37. The molecule has 0 heterocycles. The second-order valence-corrected chi connectivity index (χ2v) is 4.00. The summed E-state index contributed by atoms with van der Waals surface area (Å²) in [6, 6.07) is 4.17. The van der Waals surface area contributed by atoms with E-state index < -0.39 is 11.9 Å². The Labute approximate surface area is 106 Å². The Kier molecular flexibility index (Phi) is 5.58. The molecule has 0 radical (unpaired) electrons. The Morgan fingerprint density at radius 3 is 2.83 bits per heavy atom. The van der Waals surface area contributed by atoms with Crippen molar-refractivity contribution in [3.05, 3.63) is 29.6 Å². The van der Waals surface area contributed by atoms with Crippen molar-refractivity contribution < 1.29 is 19.0 Å². The van der Waals surface area contributed by atoms with E-state index in [2.05, 4.69) is 5.32 Å². The van der Waals surface area contributed by atoms with Gasteiger partial charge in [-0.3, -0.25) is 4.79 Å². The van der Waals surface area contributed by atoms with Crippen LogP contribution in [-0.2, 0) is 4.79 Å². The molecule has 1 rings (SSSR count). The normalized spacial score (nSPS) is 12.0. The highest BCUT2D eigenvalue weighted by Gasteiger charge is 2.09. The van der Waals surface area contributed by atoms with Crippen LogP contribution in [0, 0.1) is 5.82 Å². The van der Waals surface area contributed by atoms with Crippen molar-refractivity contribution in [1.29, 1.82) is 0 Å². The fourth-order valence-corrected chi connectivity index (χ4v) is 1.35. The third-order valence-electron chi connectivity index (χ3n) is 2.37. The molecular weight excluding hydrogens is 237 g/mol. The summed E-state index contributed by atoms with van der Waals surface area (Å²) in [5.74, 6) is -0.862. The number of rotatable bonds is 6. The molecule has 100 valence electrons. The van der Waals surface area contributed by atoms with Gasteiger partial charge in [-0.05, 0) is 31.0 Å². The number of carbonyl (C=O) groups is 1. The van der Waals surface area contributed by atoms with Crippen molar-refractivity contribution in [2.45, 2.75) is 26.4 Å². The number of aliphatic hydroxyl groups excluding tert-OH is 1. The van der Waals surface area contributed by atoms with E-state index in [-0.39, 0.29) is 18.3 Å². The average molecular weight is 255 g/mol. The fourth-order valence-electron chi connectivity index (χ4n) is 1.35. The van der Waals surface area contributed by atoms with Gasteiger partial charge in [0.1, 0.15) is 0 Å². The Morgan fingerprint density at radius 1 is 1.56 bits per heavy atom. The summed E-state index contributed by atoms with van der Waals surface area (Å²) in [6.45, 7) is 3.85.